The molecule has 0 spiro atoms. The highest BCUT2D eigenvalue weighted by molar-refractivity contribution is 6.35. The van der Waals surface area contributed by atoms with Crippen LogP contribution in [-0.2, 0) is 0 Å². The van der Waals surface area contributed by atoms with Gasteiger partial charge in [0.05, 0.1) is 0 Å². The minimum absolute atomic E-state index is 0.329. The Morgan fingerprint density at radius 3 is 2.81 bits per heavy atom. The second-order valence-electron chi connectivity index (χ2n) is 4.79. The lowest BCUT2D eigenvalue weighted by Crippen LogP contribution is -2.23. The van der Waals surface area contributed by atoms with Crippen molar-refractivity contribution in [2.24, 2.45) is 5.41 Å². The van der Waals surface area contributed by atoms with E-state index in [0.29, 0.717) is 22.1 Å². The molecule has 1 heterocycles. The van der Waals surface area contributed by atoms with E-state index < -0.39 is 0 Å². The van der Waals surface area contributed by atoms with Crippen molar-refractivity contribution in [3.8, 4) is 0 Å². The minimum Gasteiger partial charge on any atom is -0.382 e. The molecule has 0 unspecified atom stereocenters. The van der Waals surface area contributed by atoms with Crippen molar-refractivity contribution in [2.75, 3.05) is 17.6 Å². The van der Waals surface area contributed by atoms with Crippen LogP contribution >= 0.6 is 11.6 Å². The molecular weight excluding hydrogens is 224 g/mol. The SMILES string of the molecule is CC1(CNc2ncnc(N)c2Cl)CCCC1. The summed E-state index contributed by atoms with van der Waals surface area (Å²) in [7, 11) is 0. The van der Waals surface area contributed by atoms with Gasteiger partial charge in [0.1, 0.15) is 23.0 Å². The maximum Gasteiger partial charge on any atom is 0.150 e. The number of hydrogen-bond donors (Lipinski definition) is 2. The molecule has 5 heteroatoms. The molecular formula is C11H17ClN4. The predicted octanol–water partition coefficient (Wildman–Crippen LogP) is 2.70. The van der Waals surface area contributed by atoms with E-state index in [1.54, 1.807) is 0 Å². The Morgan fingerprint density at radius 1 is 1.44 bits per heavy atom. The van der Waals surface area contributed by atoms with Crippen molar-refractivity contribution >= 4 is 23.2 Å². The molecule has 1 aromatic heterocycles. The molecule has 1 aliphatic carbocycles. The van der Waals surface area contributed by atoms with Gasteiger partial charge in [0, 0.05) is 6.54 Å². The van der Waals surface area contributed by atoms with Gasteiger partial charge in [0.15, 0.2) is 0 Å². The topological polar surface area (TPSA) is 63.8 Å². The first-order valence-electron chi connectivity index (χ1n) is 5.61. The number of nitrogens with zero attached hydrogens (tertiary/aromatic N) is 2. The molecule has 0 bridgehead atoms. The number of nitrogens with two attached hydrogens (primary N) is 1. The molecule has 1 aromatic rings. The van der Waals surface area contributed by atoms with Gasteiger partial charge < -0.3 is 11.1 Å². The Hall–Kier alpha value is -1.03. The van der Waals surface area contributed by atoms with Crippen molar-refractivity contribution in [3.05, 3.63) is 11.3 Å². The first-order valence-corrected chi connectivity index (χ1v) is 5.98. The van der Waals surface area contributed by atoms with Gasteiger partial charge in [0.2, 0.25) is 0 Å². The van der Waals surface area contributed by atoms with Crippen LogP contribution in [0.5, 0.6) is 0 Å². The van der Waals surface area contributed by atoms with Crippen LogP contribution in [0.3, 0.4) is 0 Å². The van der Waals surface area contributed by atoms with Gasteiger partial charge in [-0.05, 0) is 18.3 Å². The van der Waals surface area contributed by atoms with E-state index in [9.17, 15) is 0 Å². The molecule has 0 aromatic carbocycles. The molecule has 3 N–H and O–H groups in total. The average Bonchev–Trinajstić information content (AvgIpc) is 2.68. The average molecular weight is 241 g/mol. The summed E-state index contributed by atoms with van der Waals surface area (Å²) >= 11 is 6.01. The summed E-state index contributed by atoms with van der Waals surface area (Å²) in [6.07, 6.45) is 6.59. The third-order valence-corrected chi connectivity index (χ3v) is 3.68. The van der Waals surface area contributed by atoms with Crippen LogP contribution in [0.25, 0.3) is 0 Å². The van der Waals surface area contributed by atoms with E-state index in [-0.39, 0.29) is 0 Å². The zero-order valence-corrected chi connectivity index (χ0v) is 10.2. The largest absolute Gasteiger partial charge is 0.382 e. The summed E-state index contributed by atoms with van der Waals surface area (Å²) in [4.78, 5) is 7.93. The van der Waals surface area contributed by atoms with Gasteiger partial charge in [-0.1, -0.05) is 31.4 Å². The van der Waals surface area contributed by atoms with Gasteiger partial charge in [-0.2, -0.15) is 0 Å². The first-order chi connectivity index (χ1) is 7.61. The smallest absolute Gasteiger partial charge is 0.150 e. The van der Waals surface area contributed by atoms with Crippen LogP contribution in [0.2, 0.25) is 5.02 Å². The standard InChI is InChI=1S/C11H17ClN4/c1-11(4-2-3-5-11)6-14-10-8(12)9(13)15-7-16-10/h7H,2-6H2,1H3,(H3,13,14,15,16). The van der Waals surface area contributed by atoms with Crippen molar-refractivity contribution in [3.63, 3.8) is 0 Å². The Kier molecular flexibility index (Phi) is 3.19. The number of hydrogen-bond acceptors (Lipinski definition) is 4. The number of aromatic nitrogens is 2. The second kappa shape index (κ2) is 4.45. The fraction of sp³-hybridized carbons (Fsp3) is 0.636. The van der Waals surface area contributed by atoms with E-state index in [1.807, 2.05) is 0 Å². The van der Waals surface area contributed by atoms with Crippen LogP contribution in [0.4, 0.5) is 11.6 Å². The highest BCUT2D eigenvalue weighted by Gasteiger charge is 2.28. The second-order valence-corrected chi connectivity index (χ2v) is 5.17. The quantitative estimate of drug-likeness (QED) is 0.853. The molecule has 0 atom stereocenters. The number of halogens is 1. The monoisotopic (exact) mass is 240 g/mol. The third kappa shape index (κ3) is 2.38. The summed E-state index contributed by atoms with van der Waals surface area (Å²) in [6, 6.07) is 0. The molecule has 0 saturated heterocycles. The van der Waals surface area contributed by atoms with Gasteiger partial charge in [0.25, 0.3) is 0 Å². The van der Waals surface area contributed by atoms with E-state index >= 15 is 0 Å². The number of nitrogens with one attached hydrogen (secondary N) is 1. The number of nitrogen functional groups attached to an aromatic ring is 1. The van der Waals surface area contributed by atoms with Crippen LogP contribution in [0, 0.1) is 5.41 Å². The highest BCUT2D eigenvalue weighted by Crippen LogP contribution is 2.37. The number of anilines is 2. The number of rotatable bonds is 3. The van der Waals surface area contributed by atoms with Crippen molar-refractivity contribution in [1.82, 2.24) is 9.97 Å². The summed E-state index contributed by atoms with van der Waals surface area (Å²) in [5.41, 5.74) is 5.98. The molecule has 0 radical (unpaired) electrons. The fourth-order valence-corrected chi connectivity index (χ4v) is 2.37. The maximum atomic E-state index is 6.01. The summed E-state index contributed by atoms with van der Waals surface area (Å²) in [5.74, 6) is 0.970. The molecule has 2 rings (SSSR count). The molecule has 16 heavy (non-hydrogen) atoms. The van der Waals surface area contributed by atoms with Gasteiger partial charge >= 0.3 is 0 Å². The van der Waals surface area contributed by atoms with Crippen molar-refractivity contribution < 1.29 is 0 Å². The lowest BCUT2D eigenvalue weighted by atomic mass is 9.89. The normalized spacial score (nSPS) is 18.6. The summed E-state index contributed by atoms with van der Waals surface area (Å²) in [6.45, 7) is 3.19. The molecule has 1 fully saturated rings. The zero-order valence-electron chi connectivity index (χ0n) is 9.46. The van der Waals surface area contributed by atoms with E-state index in [2.05, 4.69) is 22.2 Å². The van der Waals surface area contributed by atoms with Crippen LogP contribution < -0.4 is 11.1 Å². The van der Waals surface area contributed by atoms with Crippen LogP contribution in [0.1, 0.15) is 32.6 Å². The first kappa shape index (κ1) is 11.5. The Balaban J connectivity index is 2.02. The van der Waals surface area contributed by atoms with Crippen molar-refractivity contribution in [1.29, 1.82) is 0 Å². The van der Waals surface area contributed by atoms with Gasteiger partial charge in [-0.15, -0.1) is 0 Å². The Morgan fingerprint density at radius 2 is 2.12 bits per heavy atom. The predicted molar refractivity (Wildman–Crippen MR) is 66.5 cm³/mol. The lowest BCUT2D eigenvalue weighted by molar-refractivity contribution is 0.361. The zero-order chi connectivity index (χ0) is 11.6. The fourth-order valence-electron chi connectivity index (χ4n) is 2.21. The van der Waals surface area contributed by atoms with Crippen molar-refractivity contribution in [2.45, 2.75) is 32.6 Å². The molecule has 4 nitrogen and oxygen atoms in total. The van der Waals surface area contributed by atoms with Gasteiger partial charge in [-0.25, -0.2) is 9.97 Å². The van der Waals surface area contributed by atoms with E-state index in [0.717, 1.165) is 6.54 Å². The molecule has 1 aliphatic rings. The highest BCUT2D eigenvalue weighted by atomic mass is 35.5. The maximum absolute atomic E-state index is 6.01. The molecule has 88 valence electrons. The summed E-state index contributed by atoms with van der Waals surface area (Å²) < 4.78 is 0. The lowest BCUT2D eigenvalue weighted by Gasteiger charge is -2.24. The molecule has 0 amide bonds. The summed E-state index contributed by atoms with van der Waals surface area (Å²) in [5, 5.41) is 3.69. The third-order valence-electron chi connectivity index (χ3n) is 3.31. The van der Waals surface area contributed by atoms with Crippen LogP contribution in [-0.4, -0.2) is 16.5 Å². The van der Waals surface area contributed by atoms with E-state index in [1.165, 1.54) is 32.0 Å². The molecule has 0 aliphatic heterocycles. The Bertz CT molecular complexity index is 374. The minimum atomic E-state index is 0.329. The van der Waals surface area contributed by atoms with E-state index in [4.69, 9.17) is 17.3 Å². The van der Waals surface area contributed by atoms with Gasteiger partial charge in [-0.3, -0.25) is 0 Å². The molecule has 1 saturated carbocycles. The Labute approximate surface area is 101 Å². The van der Waals surface area contributed by atoms with Crippen LogP contribution in [0.15, 0.2) is 6.33 Å².